The first kappa shape index (κ1) is 18.0. The Morgan fingerprint density at radius 3 is 2.81 bits per heavy atom. The molecule has 1 fully saturated rings. The Hall–Kier alpha value is -2.81. The van der Waals surface area contributed by atoms with Crippen molar-refractivity contribution in [1.82, 2.24) is 15.1 Å². The van der Waals surface area contributed by atoms with Crippen LogP contribution in [0.4, 0.5) is 0 Å². The number of aromatic nitrogens is 2. The van der Waals surface area contributed by atoms with Gasteiger partial charge in [-0.05, 0) is 31.2 Å². The number of benzene rings is 1. The highest BCUT2D eigenvalue weighted by atomic mass is 32.2. The van der Waals surface area contributed by atoms with Crippen molar-refractivity contribution < 1.29 is 23.5 Å². The zero-order valence-electron chi connectivity index (χ0n) is 14.3. The Labute approximate surface area is 154 Å². The van der Waals surface area contributed by atoms with E-state index in [2.05, 4.69) is 10.2 Å². The molecule has 0 aliphatic carbocycles. The molecule has 1 aliphatic heterocycles. The van der Waals surface area contributed by atoms with E-state index in [9.17, 15) is 9.59 Å². The van der Waals surface area contributed by atoms with Crippen molar-refractivity contribution in [3.63, 3.8) is 0 Å². The van der Waals surface area contributed by atoms with Crippen LogP contribution in [0.2, 0.25) is 0 Å². The van der Waals surface area contributed by atoms with Gasteiger partial charge in [-0.15, -0.1) is 10.2 Å². The van der Waals surface area contributed by atoms with E-state index in [1.807, 2.05) is 0 Å². The van der Waals surface area contributed by atoms with Gasteiger partial charge in [0.2, 0.25) is 17.7 Å². The third kappa shape index (κ3) is 4.05. The van der Waals surface area contributed by atoms with Gasteiger partial charge in [-0.3, -0.25) is 9.69 Å². The molecule has 1 saturated heterocycles. The normalized spacial score (nSPS) is 15.5. The Morgan fingerprint density at radius 2 is 2.12 bits per heavy atom. The molecule has 1 aromatic carbocycles. The number of carbonyl (C=O) groups excluding carboxylic acids is 2. The second-order valence-corrected chi connectivity index (χ2v) is 6.23. The highest BCUT2D eigenvalue weighted by molar-refractivity contribution is 8.04. The van der Waals surface area contributed by atoms with Crippen LogP contribution < -0.4 is 4.74 Å². The van der Waals surface area contributed by atoms with E-state index in [1.165, 1.54) is 22.7 Å². The lowest BCUT2D eigenvalue weighted by Crippen LogP contribution is -2.24. The molecule has 8 nitrogen and oxygen atoms in total. The van der Waals surface area contributed by atoms with E-state index in [0.29, 0.717) is 10.9 Å². The van der Waals surface area contributed by atoms with Crippen LogP contribution in [0.25, 0.3) is 11.5 Å². The highest BCUT2D eigenvalue weighted by Crippen LogP contribution is 2.31. The molecule has 0 bridgehead atoms. The number of amides is 1. The largest absolute Gasteiger partial charge is 0.497 e. The van der Waals surface area contributed by atoms with Crippen LogP contribution in [-0.4, -0.2) is 46.4 Å². The molecule has 0 atom stereocenters. The van der Waals surface area contributed by atoms with E-state index in [0.717, 1.165) is 11.3 Å². The van der Waals surface area contributed by atoms with Crippen LogP contribution in [-0.2, 0) is 20.9 Å². The molecule has 26 heavy (non-hydrogen) atoms. The molecule has 0 spiro atoms. The van der Waals surface area contributed by atoms with E-state index < -0.39 is 5.97 Å². The van der Waals surface area contributed by atoms with Crippen molar-refractivity contribution >= 4 is 23.6 Å². The summed E-state index contributed by atoms with van der Waals surface area (Å²) in [6, 6.07) is 7.19. The van der Waals surface area contributed by atoms with Crippen molar-refractivity contribution in [1.29, 1.82) is 0 Å². The van der Waals surface area contributed by atoms with Crippen molar-refractivity contribution in [2.75, 3.05) is 19.5 Å². The summed E-state index contributed by atoms with van der Waals surface area (Å²) in [7, 11) is 1.59. The molecule has 136 valence electrons. The van der Waals surface area contributed by atoms with Gasteiger partial charge in [0.15, 0.2) is 0 Å². The molecule has 1 amide bonds. The number of hydrogen-bond donors (Lipinski definition) is 0. The molecule has 2 heterocycles. The fraction of sp³-hybridized carbons (Fsp3) is 0.294. The van der Waals surface area contributed by atoms with Gasteiger partial charge in [-0.25, -0.2) is 4.79 Å². The van der Waals surface area contributed by atoms with Crippen molar-refractivity contribution in [2.24, 2.45) is 0 Å². The number of thioether (sulfide) groups is 1. The third-order valence-electron chi connectivity index (χ3n) is 3.54. The summed E-state index contributed by atoms with van der Waals surface area (Å²) < 4.78 is 15.6. The average Bonchev–Trinajstić information content (AvgIpc) is 3.24. The molecule has 2 aromatic rings. The molecule has 0 saturated carbocycles. The van der Waals surface area contributed by atoms with E-state index in [1.54, 1.807) is 38.3 Å². The quantitative estimate of drug-likeness (QED) is 0.560. The van der Waals surface area contributed by atoms with Crippen molar-refractivity contribution in [3.05, 3.63) is 41.3 Å². The van der Waals surface area contributed by atoms with Crippen LogP contribution >= 0.6 is 11.8 Å². The standard InChI is InChI=1S/C17H17N3O5S/c1-3-24-16(22)8-15-20(14(21)10-26-15)9-13-18-19-17(25-13)11-4-6-12(23-2)7-5-11/h4-8H,3,9-10H2,1-2H3/b15-8-. The Kier molecular flexibility index (Phi) is 5.57. The summed E-state index contributed by atoms with van der Waals surface area (Å²) in [5, 5.41) is 8.51. The average molecular weight is 375 g/mol. The second kappa shape index (κ2) is 8.05. The van der Waals surface area contributed by atoms with E-state index in [4.69, 9.17) is 13.9 Å². The first-order valence-corrected chi connectivity index (χ1v) is 8.87. The van der Waals surface area contributed by atoms with Crippen LogP contribution in [0, 0.1) is 0 Å². The summed E-state index contributed by atoms with van der Waals surface area (Å²) in [6.07, 6.45) is 1.31. The minimum Gasteiger partial charge on any atom is -0.497 e. The molecular formula is C17H17N3O5S. The summed E-state index contributed by atoms with van der Waals surface area (Å²) in [5.41, 5.74) is 0.744. The SMILES string of the molecule is CCOC(=O)/C=C1\SCC(=O)N1Cc1nnc(-c2ccc(OC)cc2)o1. The van der Waals surface area contributed by atoms with Gasteiger partial charge in [0.1, 0.15) is 12.3 Å². The molecule has 0 radical (unpaired) electrons. The monoisotopic (exact) mass is 375 g/mol. The van der Waals surface area contributed by atoms with Gasteiger partial charge >= 0.3 is 5.97 Å². The van der Waals surface area contributed by atoms with Crippen molar-refractivity contribution in [2.45, 2.75) is 13.5 Å². The Morgan fingerprint density at radius 1 is 1.35 bits per heavy atom. The zero-order chi connectivity index (χ0) is 18.5. The number of ether oxygens (including phenoxy) is 2. The highest BCUT2D eigenvalue weighted by Gasteiger charge is 2.29. The van der Waals surface area contributed by atoms with Crippen LogP contribution in [0.5, 0.6) is 5.75 Å². The first-order valence-electron chi connectivity index (χ1n) is 7.89. The van der Waals surface area contributed by atoms with Crippen LogP contribution in [0.1, 0.15) is 12.8 Å². The zero-order valence-corrected chi connectivity index (χ0v) is 15.1. The maximum atomic E-state index is 12.1. The summed E-state index contributed by atoms with van der Waals surface area (Å²) in [6.45, 7) is 2.09. The molecule has 0 N–H and O–H groups in total. The fourth-order valence-electron chi connectivity index (χ4n) is 2.29. The predicted molar refractivity (Wildman–Crippen MR) is 94.0 cm³/mol. The molecule has 9 heteroatoms. The van der Waals surface area contributed by atoms with E-state index >= 15 is 0 Å². The van der Waals surface area contributed by atoms with Crippen LogP contribution in [0.15, 0.2) is 39.8 Å². The summed E-state index contributed by atoms with van der Waals surface area (Å²) in [5.74, 6) is 0.986. The molecular weight excluding hydrogens is 358 g/mol. The maximum absolute atomic E-state index is 12.1. The molecule has 1 aromatic heterocycles. The number of carbonyl (C=O) groups is 2. The lowest BCUT2D eigenvalue weighted by atomic mass is 10.2. The third-order valence-corrected chi connectivity index (χ3v) is 4.56. The van der Waals surface area contributed by atoms with Crippen LogP contribution in [0.3, 0.4) is 0 Å². The van der Waals surface area contributed by atoms with Crippen molar-refractivity contribution in [3.8, 4) is 17.2 Å². The second-order valence-electron chi connectivity index (χ2n) is 5.23. The number of esters is 1. The van der Waals surface area contributed by atoms with Gasteiger partial charge in [0.25, 0.3) is 0 Å². The topological polar surface area (TPSA) is 94.8 Å². The maximum Gasteiger partial charge on any atom is 0.333 e. The smallest absolute Gasteiger partial charge is 0.333 e. The lowest BCUT2D eigenvalue weighted by molar-refractivity contribution is -0.137. The van der Waals surface area contributed by atoms with Gasteiger partial charge in [-0.2, -0.15) is 0 Å². The fourth-order valence-corrected chi connectivity index (χ4v) is 3.22. The van der Waals surface area contributed by atoms with Gasteiger partial charge in [0.05, 0.1) is 30.6 Å². The molecule has 3 rings (SSSR count). The van der Waals surface area contributed by atoms with Gasteiger partial charge in [0, 0.05) is 5.56 Å². The summed E-state index contributed by atoms with van der Waals surface area (Å²) >= 11 is 1.27. The first-order chi connectivity index (χ1) is 12.6. The number of nitrogens with zero attached hydrogens (tertiary/aromatic N) is 3. The summed E-state index contributed by atoms with van der Waals surface area (Å²) in [4.78, 5) is 25.2. The predicted octanol–water partition coefficient (Wildman–Crippen LogP) is 2.23. The molecule has 1 aliphatic rings. The minimum absolute atomic E-state index is 0.0974. The van der Waals surface area contributed by atoms with Gasteiger partial charge in [-0.1, -0.05) is 11.8 Å². The molecule has 0 unspecified atom stereocenters. The Bertz CT molecular complexity index is 831. The van der Waals surface area contributed by atoms with Gasteiger partial charge < -0.3 is 13.9 Å². The lowest BCUT2D eigenvalue weighted by Gasteiger charge is -2.14. The number of hydrogen-bond acceptors (Lipinski definition) is 8. The van der Waals surface area contributed by atoms with E-state index in [-0.39, 0.29) is 30.7 Å². The Balaban J connectivity index is 1.74. The number of methoxy groups -OCH3 is 1. The number of rotatable bonds is 6. The minimum atomic E-state index is -0.487.